The molecule has 0 heterocycles. The van der Waals surface area contributed by atoms with Gasteiger partial charge in [0.2, 0.25) is 0 Å². The summed E-state index contributed by atoms with van der Waals surface area (Å²) in [5.74, 6) is 0. The van der Waals surface area contributed by atoms with E-state index in [0.717, 1.165) is 0 Å². The van der Waals surface area contributed by atoms with Crippen LogP contribution >= 0.6 is 23.8 Å². The quantitative estimate of drug-likeness (QED) is 0.0678. The van der Waals surface area contributed by atoms with E-state index in [1.807, 2.05) is 12.1 Å². The zero-order valence-electron chi connectivity index (χ0n) is 35.4. The first-order chi connectivity index (χ1) is 31.6. The summed E-state index contributed by atoms with van der Waals surface area (Å²) >= 11 is 0. The summed E-state index contributed by atoms with van der Waals surface area (Å²) in [4.78, 5) is 0. The van der Waals surface area contributed by atoms with Gasteiger partial charge in [-0.05, 0) is 66.2 Å². The van der Waals surface area contributed by atoms with Gasteiger partial charge in [0.25, 0.3) is 0 Å². The zero-order valence-corrected chi connectivity index (χ0v) is 41.1. The van der Waals surface area contributed by atoms with E-state index in [2.05, 4.69) is 261 Å². The van der Waals surface area contributed by atoms with Crippen LogP contribution in [-0.4, -0.2) is 18.5 Å². The molecule has 0 radical (unpaired) electrons. The van der Waals surface area contributed by atoms with Gasteiger partial charge in [0.15, 0.2) is 0 Å². The van der Waals surface area contributed by atoms with Crippen molar-refractivity contribution in [1.82, 2.24) is 0 Å². The van der Waals surface area contributed by atoms with Gasteiger partial charge in [-0.25, -0.2) is 0 Å². The Morgan fingerprint density at radius 3 is 0.682 bits per heavy atom. The maximum absolute atomic E-state index is 10.7. The molecule has 0 aromatic heterocycles. The van der Waals surface area contributed by atoms with Gasteiger partial charge in [0, 0.05) is 21.1 Å². The summed E-state index contributed by atoms with van der Waals surface area (Å²) in [5, 5.41) is 12.4. The number of hydrogen-bond acceptors (Lipinski definition) is 2. The van der Waals surface area contributed by atoms with Crippen LogP contribution in [0.4, 0.5) is 13.2 Å². The largest absolute Gasteiger partial charge is 0.522 e. The summed E-state index contributed by atoms with van der Waals surface area (Å²) in [6.45, 7) is 0. The van der Waals surface area contributed by atoms with Gasteiger partial charge >= 0.3 is 15.6 Å². The van der Waals surface area contributed by atoms with Crippen LogP contribution in [0, 0.1) is 6.07 Å². The molecule has 3 nitrogen and oxygen atoms in total. The molecule has 0 aliphatic heterocycles. The van der Waals surface area contributed by atoms with Crippen molar-refractivity contribution in [3.63, 3.8) is 0 Å². The molecule has 0 aliphatic rings. The van der Waals surface area contributed by atoms with Crippen LogP contribution in [0.25, 0.3) is 0 Å². The Hall–Kier alpha value is -5.34. The van der Waals surface area contributed by atoms with Crippen molar-refractivity contribution in [1.29, 1.82) is 0 Å². The number of hydrogen-bond donors (Lipinski definition) is 1. The molecule has 0 bridgehead atoms. The van der Waals surface area contributed by atoms with Crippen LogP contribution in [0.2, 0.25) is 0 Å². The fraction of sp³-hybridized carbons (Fsp3) is 0.0182. The molecule has 0 saturated heterocycles. The summed E-state index contributed by atoms with van der Waals surface area (Å²) in [7, 11) is -7.23. The molecule has 66 heavy (non-hydrogen) atoms. The van der Waals surface area contributed by atoms with Crippen LogP contribution in [0.5, 0.6) is 0 Å². The van der Waals surface area contributed by atoms with E-state index in [0.29, 0.717) is 0 Å². The SMILES string of the molecule is O=S(=O)(O)C(F)(F)F.[Pt].[c-]1ccccc1P(c1ccccc1)c1ccccc1.c1ccc(P(c2ccccc2)c2ccccc2)cc1.c1ccc(P(c2ccccc2)c2ccccc2)cc1. The topological polar surface area (TPSA) is 54.4 Å². The van der Waals surface area contributed by atoms with Crippen LogP contribution in [0.3, 0.4) is 0 Å². The predicted octanol–water partition coefficient (Wildman–Crippen LogP) is 10.5. The molecule has 0 aliphatic carbocycles. The van der Waals surface area contributed by atoms with Gasteiger partial charge < -0.3 is 0 Å². The van der Waals surface area contributed by atoms with E-state index in [-0.39, 0.29) is 21.1 Å². The van der Waals surface area contributed by atoms with Crippen molar-refractivity contribution in [2.24, 2.45) is 0 Å². The summed E-state index contributed by atoms with van der Waals surface area (Å²) in [6.07, 6.45) is 0. The molecule has 336 valence electrons. The molecule has 9 aromatic rings. The standard InChI is InChI=1S/2C18H15P.C18H14P.CHF3O3S.Pt/c3*1-4-10-16(11-5-1)19(17-12-6-2-7-13-17)18-14-8-3-9-15-18;2-1(3,4)8(5,6)7;/h2*1-15H;1-14H;(H,5,6,7);/q;;-1;;. The van der Waals surface area contributed by atoms with Crippen LogP contribution in [-0.2, 0) is 31.2 Å². The van der Waals surface area contributed by atoms with E-state index in [1.54, 1.807) is 0 Å². The van der Waals surface area contributed by atoms with Crippen LogP contribution in [0.1, 0.15) is 0 Å². The van der Waals surface area contributed by atoms with Gasteiger partial charge in [-0.2, -0.15) is 51.9 Å². The van der Waals surface area contributed by atoms with Crippen molar-refractivity contribution >= 4 is 81.6 Å². The second-order valence-electron chi connectivity index (χ2n) is 13.9. The first-order valence-electron chi connectivity index (χ1n) is 20.4. The van der Waals surface area contributed by atoms with Gasteiger partial charge in [0.05, 0.1) is 0 Å². The fourth-order valence-electron chi connectivity index (χ4n) is 6.46. The van der Waals surface area contributed by atoms with E-state index < -0.39 is 39.4 Å². The number of halogens is 3. The van der Waals surface area contributed by atoms with Crippen molar-refractivity contribution in [3.8, 4) is 0 Å². The fourth-order valence-corrected chi connectivity index (χ4v) is 13.3. The number of benzene rings is 9. The van der Waals surface area contributed by atoms with Crippen LogP contribution in [0.15, 0.2) is 267 Å². The number of rotatable bonds is 9. The molecular formula is C55H45F3O3P3PtS-. The Bertz CT molecular complexity index is 2250. The Morgan fingerprint density at radius 2 is 0.515 bits per heavy atom. The molecule has 1 N–H and O–H groups in total. The molecule has 0 atom stereocenters. The van der Waals surface area contributed by atoms with Crippen molar-refractivity contribution in [3.05, 3.63) is 273 Å². The Morgan fingerprint density at radius 1 is 0.333 bits per heavy atom. The minimum atomic E-state index is -5.84. The molecule has 0 unspecified atom stereocenters. The molecule has 11 heteroatoms. The Labute approximate surface area is 404 Å². The van der Waals surface area contributed by atoms with Crippen molar-refractivity contribution in [2.75, 3.05) is 0 Å². The summed E-state index contributed by atoms with van der Waals surface area (Å²) in [6, 6.07) is 97.7. The van der Waals surface area contributed by atoms with E-state index in [4.69, 9.17) is 13.0 Å². The van der Waals surface area contributed by atoms with Crippen molar-refractivity contribution in [2.45, 2.75) is 5.51 Å². The smallest absolute Gasteiger partial charge is 0.279 e. The second-order valence-corrected chi connectivity index (χ2v) is 21.9. The van der Waals surface area contributed by atoms with E-state index >= 15 is 0 Å². The minimum absolute atomic E-state index is 0. The Kier molecular flexibility index (Phi) is 20.9. The normalized spacial score (nSPS) is 10.8. The van der Waals surface area contributed by atoms with Gasteiger partial charge in [0.1, 0.15) is 0 Å². The Balaban J connectivity index is 0.000000170. The van der Waals surface area contributed by atoms with Gasteiger partial charge in [-0.15, -0.1) is 5.30 Å². The average molecular weight is 1130 g/mol. The molecule has 0 amide bonds. The van der Waals surface area contributed by atoms with E-state index in [1.165, 1.54) is 47.7 Å². The monoisotopic (exact) mass is 1130 g/mol. The first kappa shape index (κ1) is 51.6. The first-order valence-corrected chi connectivity index (χ1v) is 25.9. The zero-order chi connectivity index (χ0) is 45.7. The molecule has 0 fully saturated rings. The second kappa shape index (κ2) is 26.7. The van der Waals surface area contributed by atoms with Gasteiger partial charge in [-0.1, -0.05) is 243 Å². The summed E-state index contributed by atoms with van der Waals surface area (Å²) in [5.41, 5.74) is -5.53. The van der Waals surface area contributed by atoms with Crippen molar-refractivity contribution < 1.29 is 47.2 Å². The minimum Gasteiger partial charge on any atom is -0.279 e. The number of alkyl halides is 3. The third-order valence-electron chi connectivity index (χ3n) is 9.34. The van der Waals surface area contributed by atoms with E-state index in [9.17, 15) is 13.2 Å². The molecule has 9 rings (SSSR count). The average Bonchev–Trinajstić information content (AvgIpc) is 3.35. The molecule has 9 aromatic carbocycles. The maximum atomic E-state index is 10.7. The predicted molar refractivity (Wildman–Crippen MR) is 272 cm³/mol. The third-order valence-corrected chi connectivity index (χ3v) is 17.2. The third kappa shape index (κ3) is 15.6. The van der Waals surface area contributed by atoms with Crippen LogP contribution < -0.4 is 47.7 Å². The summed E-state index contributed by atoms with van der Waals surface area (Å²) < 4.78 is 57.5. The van der Waals surface area contributed by atoms with Gasteiger partial charge in [-0.3, -0.25) is 4.55 Å². The maximum Gasteiger partial charge on any atom is 0.522 e. The molecule has 0 saturated carbocycles. The molecular weight excluding hydrogens is 1090 g/mol. The molecule has 0 spiro atoms.